The molecule has 1 aliphatic carbocycles. The molecule has 0 amide bonds. The lowest BCUT2D eigenvalue weighted by Gasteiger charge is -2.23. The van der Waals surface area contributed by atoms with Crippen LogP contribution in [0, 0.1) is 5.82 Å². The highest BCUT2D eigenvalue weighted by Gasteiger charge is 2.35. The van der Waals surface area contributed by atoms with Crippen LogP contribution in [0.25, 0.3) is 11.0 Å². The highest BCUT2D eigenvalue weighted by atomic mass is 19.1. The van der Waals surface area contributed by atoms with Crippen LogP contribution in [-0.2, 0) is 12.1 Å². The lowest BCUT2D eigenvalue weighted by molar-refractivity contribution is 0.413. The predicted octanol–water partition coefficient (Wildman–Crippen LogP) is 2.92. The number of imidazole rings is 1. The monoisotopic (exact) mass is 247 g/mol. The van der Waals surface area contributed by atoms with Gasteiger partial charge in [0.15, 0.2) is 0 Å². The second kappa shape index (κ2) is 4.05. The quantitative estimate of drug-likeness (QED) is 0.886. The summed E-state index contributed by atoms with van der Waals surface area (Å²) in [7, 11) is 0. The molecule has 0 bridgehead atoms. The molecule has 3 nitrogen and oxygen atoms in total. The van der Waals surface area contributed by atoms with Crippen molar-refractivity contribution >= 4 is 11.0 Å². The van der Waals surface area contributed by atoms with Crippen molar-refractivity contribution in [2.45, 2.75) is 44.7 Å². The van der Waals surface area contributed by atoms with Crippen LogP contribution >= 0.6 is 0 Å². The third-order valence-electron chi connectivity index (χ3n) is 3.97. The van der Waals surface area contributed by atoms with Gasteiger partial charge in [-0.15, -0.1) is 0 Å². The largest absolute Gasteiger partial charge is 0.327 e. The minimum atomic E-state index is -0.328. The van der Waals surface area contributed by atoms with E-state index in [1.165, 1.54) is 6.07 Å². The van der Waals surface area contributed by atoms with E-state index in [4.69, 9.17) is 5.73 Å². The number of aryl methyl sites for hydroxylation is 1. The van der Waals surface area contributed by atoms with E-state index in [1.54, 1.807) is 12.1 Å². The van der Waals surface area contributed by atoms with Crippen molar-refractivity contribution in [2.24, 2.45) is 5.73 Å². The van der Waals surface area contributed by atoms with Gasteiger partial charge in [0.25, 0.3) is 0 Å². The molecule has 2 N–H and O–H groups in total. The topological polar surface area (TPSA) is 43.8 Å². The first-order valence-electron chi connectivity index (χ1n) is 6.59. The number of hydrogen-bond acceptors (Lipinski definition) is 2. The van der Waals surface area contributed by atoms with E-state index in [0.717, 1.165) is 49.1 Å². The number of halogens is 1. The maximum atomic E-state index is 13.4. The average Bonchev–Trinajstić information content (AvgIpc) is 2.93. The lowest BCUT2D eigenvalue weighted by atomic mass is 9.98. The smallest absolute Gasteiger partial charge is 0.130 e. The van der Waals surface area contributed by atoms with Gasteiger partial charge in [0.1, 0.15) is 11.6 Å². The van der Waals surface area contributed by atoms with Gasteiger partial charge in [-0.3, -0.25) is 0 Å². The summed E-state index contributed by atoms with van der Waals surface area (Å²) >= 11 is 0. The molecular weight excluding hydrogens is 229 g/mol. The molecule has 0 aliphatic heterocycles. The Bertz CT molecular complexity index is 582. The van der Waals surface area contributed by atoms with Crippen LogP contribution in [0.1, 0.15) is 38.4 Å². The molecule has 0 atom stereocenters. The number of nitrogens with two attached hydrogens (primary N) is 1. The third kappa shape index (κ3) is 1.63. The van der Waals surface area contributed by atoms with Crippen LogP contribution < -0.4 is 5.73 Å². The van der Waals surface area contributed by atoms with Gasteiger partial charge in [0, 0.05) is 6.54 Å². The summed E-state index contributed by atoms with van der Waals surface area (Å²) in [5.74, 6) is 0.698. The van der Waals surface area contributed by atoms with Gasteiger partial charge in [0.2, 0.25) is 0 Å². The summed E-state index contributed by atoms with van der Waals surface area (Å²) in [4.78, 5) is 4.65. The molecule has 4 heteroatoms. The molecule has 1 aromatic heterocycles. The Morgan fingerprint density at radius 2 is 2.11 bits per heavy atom. The van der Waals surface area contributed by atoms with E-state index in [9.17, 15) is 4.39 Å². The predicted molar refractivity (Wildman–Crippen MR) is 69.7 cm³/mol. The van der Waals surface area contributed by atoms with E-state index in [0.29, 0.717) is 0 Å². The normalized spacial score (nSPS) is 18.6. The van der Waals surface area contributed by atoms with Crippen molar-refractivity contribution in [2.75, 3.05) is 0 Å². The molecule has 2 aromatic rings. The molecule has 1 aromatic carbocycles. The fourth-order valence-electron chi connectivity index (χ4n) is 3.03. The molecule has 3 rings (SSSR count). The van der Waals surface area contributed by atoms with Gasteiger partial charge in [-0.25, -0.2) is 9.37 Å². The van der Waals surface area contributed by atoms with E-state index >= 15 is 0 Å². The first-order valence-corrected chi connectivity index (χ1v) is 6.59. The zero-order chi connectivity index (χ0) is 12.8. The Hall–Kier alpha value is -1.42. The highest BCUT2D eigenvalue weighted by Crippen LogP contribution is 2.37. The fraction of sp³-hybridized carbons (Fsp3) is 0.500. The van der Waals surface area contributed by atoms with Crippen LogP contribution in [-0.4, -0.2) is 9.55 Å². The second-order valence-corrected chi connectivity index (χ2v) is 5.18. The number of aromatic nitrogens is 2. The van der Waals surface area contributed by atoms with Crippen LogP contribution in [0.15, 0.2) is 18.2 Å². The summed E-state index contributed by atoms with van der Waals surface area (Å²) in [5, 5.41) is 0. The number of fused-ring (bicyclic) bond motifs is 1. The molecule has 1 saturated carbocycles. The van der Waals surface area contributed by atoms with Crippen molar-refractivity contribution in [1.29, 1.82) is 0 Å². The van der Waals surface area contributed by atoms with Crippen LogP contribution in [0.5, 0.6) is 0 Å². The Balaban J connectivity index is 2.23. The molecule has 18 heavy (non-hydrogen) atoms. The van der Waals surface area contributed by atoms with E-state index in [1.807, 2.05) is 6.92 Å². The summed E-state index contributed by atoms with van der Waals surface area (Å²) in [6, 6.07) is 4.74. The van der Waals surface area contributed by atoms with E-state index in [2.05, 4.69) is 9.55 Å². The first kappa shape index (κ1) is 11.7. The van der Waals surface area contributed by atoms with Gasteiger partial charge in [-0.05, 0) is 38.0 Å². The van der Waals surface area contributed by atoms with Crippen molar-refractivity contribution < 1.29 is 4.39 Å². The highest BCUT2D eigenvalue weighted by molar-refractivity contribution is 5.76. The molecule has 1 fully saturated rings. The average molecular weight is 247 g/mol. The Labute approximate surface area is 106 Å². The molecule has 0 unspecified atom stereocenters. The zero-order valence-corrected chi connectivity index (χ0v) is 10.6. The molecule has 1 aliphatic rings. The van der Waals surface area contributed by atoms with Gasteiger partial charge in [-0.1, -0.05) is 12.8 Å². The van der Waals surface area contributed by atoms with Crippen molar-refractivity contribution in [1.82, 2.24) is 9.55 Å². The van der Waals surface area contributed by atoms with Crippen molar-refractivity contribution in [3.63, 3.8) is 0 Å². The van der Waals surface area contributed by atoms with Crippen LogP contribution in [0.3, 0.4) is 0 Å². The standard InChI is InChI=1S/C14H18FN3/c1-2-18-12-9-10(15)5-6-11(12)17-13(18)14(16)7-3-4-8-14/h5-6,9H,2-4,7-8,16H2,1H3. The lowest BCUT2D eigenvalue weighted by Crippen LogP contribution is -2.36. The summed E-state index contributed by atoms with van der Waals surface area (Å²) in [6.07, 6.45) is 4.24. The van der Waals surface area contributed by atoms with Gasteiger partial charge >= 0.3 is 0 Å². The van der Waals surface area contributed by atoms with Gasteiger partial charge in [-0.2, -0.15) is 0 Å². The Kier molecular flexibility index (Phi) is 2.63. The minimum Gasteiger partial charge on any atom is -0.327 e. The SMILES string of the molecule is CCn1c(C2(N)CCCC2)nc2ccc(F)cc21. The van der Waals surface area contributed by atoms with E-state index in [-0.39, 0.29) is 11.4 Å². The minimum absolute atomic E-state index is 0.221. The number of benzene rings is 1. The fourth-order valence-corrected chi connectivity index (χ4v) is 3.03. The first-order chi connectivity index (χ1) is 8.64. The summed E-state index contributed by atoms with van der Waals surface area (Å²) in [6.45, 7) is 2.82. The number of hydrogen-bond donors (Lipinski definition) is 1. The number of rotatable bonds is 2. The van der Waals surface area contributed by atoms with Gasteiger partial charge < -0.3 is 10.3 Å². The third-order valence-corrected chi connectivity index (χ3v) is 3.97. The molecule has 1 heterocycles. The summed E-state index contributed by atoms with van der Waals surface area (Å²) < 4.78 is 15.4. The van der Waals surface area contributed by atoms with Crippen molar-refractivity contribution in [3.05, 3.63) is 29.8 Å². The van der Waals surface area contributed by atoms with Crippen LogP contribution in [0.4, 0.5) is 4.39 Å². The second-order valence-electron chi connectivity index (χ2n) is 5.18. The molecule has 0 spiro atoms. The Morgan fingerprint density at radius 1 is 1.39 bits per heavy atom. The Morgan fingerprint density at radius 3 is 2.78 bits per heavy atom. The zero-order valence-electron chi connectivity index (χ0n) is 10.6. The van der Waals surface area contributed by atoms with E-state index < -0.39 is 0 Å². The van der Waals surface area contributed by atoms with Gasteiger partial charge in [0.05, 0.1) is 16.6 Å². The maximum absolute atomic E-state index is 13.4. The molecule has 0 radical (unpaired) electrons. The molecule has 0 saturated heterocycles. The molecular formula is C14H18FN3. The van der Waals surface area contributed by atoms with Crippen molar-refractivity contribution in [3.8, 4) is 0 Å². The number of nitrogens with zero attached hydrogens (tertiary/aromatic N) is 2. The van der Waals surface area contributed by atoms with Crippen LogP contribution in [0.2, 0.25) is 0 Å². The summed E-state index contributed by atoms with van der Waals surface area (Å²) in [5.41, 5.74) is 7.84. The molecule has 96 valence electrons. The maximum Gasteiger partial charge on any atom is 0.130 e.